The van der Waals surface area contributed by atoms with Crippen molar-refractivity contribution in [2.24, 2.45) is 0 Å². The van der Waals surface area contributed by atoms with Crippen molar-refractivity contribution >= 4 is 28.9 Å². The summed E-state index contributed by atoms with van der Waals surface area (Å²) in [5.74, 6) is 1.32. The highest BCUT2D eigenvalue weighted by Crippen LogP contribution is 2.32. The van der Waals surface area contributed by atoms with Gasteiger partial charge in [0.15, 0.2) is 16.7 Å². The van der Waals surface area contributed by atoms with E-state index in [1.165, 1.54) is 11.8 Å². The number of imidazole rings is 1. The van der Waals surface area contributed by atoms with Gasteiger partial charge in [-0.3, -0.25) is 0 Å². The molecule has 1 N–H and O–H groups in total. The highest BCUT2D eigenvalue weighted by Gasteiger charge is 2.09. The fraction of sp³-hybridized carbons (Fsp3) is 0.120. The van der Waals surface area contributed by atoms with Gasteiger partial charge in [-0.05, 0) is 60.2 Å². The lowest BCUT2D eigenvalue weighted by atomic mass is 10.2. The van der Waals surface area contributed by atoms with Crippen LogP contribution in [0, 0.1) is 11.3 Å². The second-order valence-corrected chi connectivity index (χ2v) is 7.73. The van der Waals surface area contributed by atoms with Gasteiger partial charge in [0.05, 0.1) is 22.5 Å². The normalized spacial score (nSPS) is 11.3. The summed E-state index contributed by atoms with van der Waals surface area (Å²) in [6.07, 6.45) is 1.82. The van der Waals surface area contributed by atoms with Crippen LogP contribution < -0.4 is 9.47 Å². The molecule has 6 heteroatoms. The minimum absolute atomic E-state index is 0.460. The van der Waals surface area contributed by atoms with E-state index in [1.807, 2.05) is 85.8 Å². The van der Waals surface area contributed by atoms with Crippen LogP contribution in [0.2, 0.25) is 0 Å². The molecule has 5 nitrogen and oxygen atoms in total. The van der Waals surface area contributed by atoms with Crippen molar-refractivity contribution in [3.8, 4) is 17.6 Å². The zero-order valence-corrected chi connectivity index (χ0v) is 17.9. The van der Waals surface area contributed by atoms with E-state index in [0.29, 0.717) is 34.8 Å². The zero-order valence-electron chi connectivity index (χ0n) is 17.0. The number of benzene rings is 3. The van der Waals surface area contributed by atoms with Gasteiger partial charge >= 0.3 is 0 Å². The van der Waals surface area contributed by atoms with Crippen LogP contribution in [-0.4, -0.2) is 16.6 Å². The fourth-order valence-electron chi connectivity index (χ4n) is 3.06. The Hall–Kier alpha value is -3.69. The molecule has 154 valence electrons. The SMILES string of the molecule is CCOc1cc(/C=C(\C#N)Sc2nc3ccccc3[nH]2)ccc1OCc1ccccc1. The number of hydrogen-bond donors (Lipinski definition) is 1. The van der Waals surface area contributed by atoms with Crippen LogP contribution in [0.15, 0.2) is 82.9 Å². The quantitative estimate of drug-likeness (QED) is 0.268. The number of nitrogens with zero attached hydrogens (tertiary/aromatic N) is 2. The van der Waals surface area contributed by atoms with Crippen LogP contribution in [0.25, 0.3) is 17.1 Å². The molecule has 0 radical (unpaired) electrons. The lowest BCUT2D eigenvalue weighted by Crippen LogP contribution is -1.99. The highest BCUT2D eigenvalue weighted by atomic mass is 32.2. The molecule has 0 aliphatic heterocycles. The van der Waals surface area contributed by atoms with Gasteiger partial charge in [-0.2, -0.15) is 5.26 Å². The molecule has 1 aromatic heterocycles. The van der Waals surface area contributed by atoms with E-state index < -0.39 is 0 Å². The molecule has 0 saturated heterocycles. The van der Waals surface area contributed by atoms with Crippen molar-refractivity contribution in [1.29, 1.82) is 5.26 Å². The summed E-state index contributed by atoms with van der Waals surface area (Å²) >= 11 is 1.30. The topological polar surface area (TPSA) is 70.9 Å². The molecule has 1 heterocycles. The second-order valence-electron chi connectivity index (χ2n) is 6.70. The Morgan fingerprint density at radius 3 is 2.61 bits per heavy atom. The number of aromatic nitrogens is 2. The number of allylic oxidation sites excluding steroid dienone is 1. The van der Waals surface area contributed by atoms with Crippen LogP contribution >= 0.6 is 11.8 Å². The van der Waals surface area contributed by atoms with E-state index in [4.69, 9.17) is 9.47 Å². The summed E-state index contributed by atoms with van der Waals surface area (Å²) in [5, 5.41) is 10.3. The Labute approximate surface area is 185 Å². The van der Waals surface area contributed by atoms with Gasteiger partial charge in [-0.25, -0.2) is 4.98 Å². The first-order valence-electron chi connectivity index (χ1n) is 9.93. The molecule has 0 fully saturated rings. The number of ether oxygens (including phenoxy) is 2. The number of nitriles is 1. The maximum atomic E-state index is 9.62. The Balaban J connectivity index is 1.53. The third-order valence-electron chi connectivity index (χ3n) is 4.49. The average Bonchev–Trinajstić information content (AvgIpc) is 3.21. The molecular formula is C25H21N3O2S. The molecule has 31 heavy (non-hydrogen) atoms. The third kappa shape index (κ3) is 5.27. The van der Waals surface area contributed by atoms with Crippen molar-refractivity contribution in [3.63, 3.8) is 0 Å². The molecule has 3 aromatic carbocycles. The Kier molecular flexibility index (Phi) is 6.56. The largest absolute Gasteiger partial charge is 0.490 e. The lowest BCUT2D eigenvalue weighted by molar-refractivity contribution is 0.269. The van der Waals surface area contributed by atoms with Crippen LogP contribution in [0.5, 0.6) is 11.5 Å². The molecule has 0 saturated carbocycles. The molecule has 4 aromatic rings. The van der Waals surface area contributed by atoms with E-state index in [1.54, 1.807) is 0 Å². The van der Waals surface area contributed by atoms with Crippen LogP contribution in [0.4, 0.5) is 0 Å². The maximum Gasteiger partial charge on any atom is 0.171 e. The molecule has 4 rings (SSSR count). The lowest BCUT2D eigenvalue weighted by Gasteiger charge is -2.13. The summed E-state index contributed by atoms with van der Waals surface area (Å²) in [4.78, 5) is 8.29. The van der Waals surface area contributed by atoms with E-state index >= 15 is 0 Å². The van der Waals surface area contributed by atoms with Crippen LogP contribution in [-0.2, 0) is 6.61 Å². The van der Waals surface area contributed by atoms with Gasteiger partial charge in [0, 0.05) is 0 Å². The van der Waals surface area contributed by atoms with Gasteiger partial charge in [0.2, 0.25) is 0 Å². The summed E-state index contributed by atoms with van der Waals surface area (Å²) in [6, 6.07) is 25.7. The van der Waals surface area contributed by atoms with E-state index in [-0.39, 0.29) is 0 Å². The third-order valence-corrected chi connectivity index (χ3v) is 5.30. The van der Waals surface area contributed by atoms with Crippen molar-refractivity contribution in [1.82, 2.24) is 9.97 Å². The minimum Gasteiger partial charge on any atom is -0.490 e. The van der Waals surface area contributed by atoms with Gasteiger partial charge in [0.1, 0.15) is 12.7 Å². The monoisotopic (exact) mass is 427 g/mol. The number of fused-ring (bicyclic) bond motifs is 1. The summed E-state index contributed by atoms with van der Waals surface area (Å²) in [6.45, 7) is 2.91. The van der Waals surface area contributed by atoms with Gasteiger partial charge in [-0.1, -0.05) is 48.5 Å². The Bertz CT molecular complexity index is 1210. The fourth-order valence-corrected chi connectivity index (χ4v) is 3.81. The zero-order chi connectivity index (χ0) is 21.5. The summed E-state index contributed by atoms with van der Waals surface area (Å²) < 4.78 is 11.7. The van der Waals surface area contributed by atoms with Gasteiger partial charge in [-0.15, -0.1) is 0 Å². The standard InChI is InChI=1S/C25H21N3O2S/c1-2-29-24-15-19(12-13-23(24)30-17-18-8-4-3-5-9-18)14-20(16-26)31-25-27-21-10-6-7-11-22(21)28-25/h3-15H,2,17H2,1H3,(H,27,28)/b20-14+. The Morgan fingerprint density at radius 2 is 1.84 bits per heavy atom. The number of aromatic amines is 1. The van der Waals surface area contributed by atoms with Crippen molar-refractivity contribution in [3.05, 3.63) is 88.8 Å². The van der Waals surface area contributed by atoms with Gasteiger partial charge < -0.3 is 14.5 Å². The first-order chi connectivity index (χ1) is 15.2. The smallest absolute Gasteiger partial charge is 0.171 e. The average molecular weight is 428 g/mol. The maximum absolute atomic E-state index is 9.62. The number of H-pyrrole nitrogens is 1. The van der Waals surface area contributed by atoms with Crippen molar-refractivity contribution in [2.75, 3.05) is 6.61 Å². The number of rotatable bonds is 8. The molecule has 0 aliphatic rings. The number of para-hydroxylation sites is 2. The van der Waals surface area contributed by atoms with Crippen molar-refractivity contribution < 1.29 is 9.47 Å². The predicted molar refractivity (Wildman–Crippen MR) is 124 cm³/mol. The molecule has 0 amide bonds. The number of thioether (sulfide) groups is 1. The van der Waals surface area contributed by atoms with Crippen LogP contribution in [0.3, 0.4) is 0 Å². The van der Waals surface area contributed by atoms with E-state index in [9.17, 15) is 5.26 Å². The van der Waals surface area contributed by atoms with E-state index in [2.05, 4.69) is 16.0 Å². The molecule has 0 bridgehead atoms. The highest BCUT2D eigenvalue weighted by molar-refractivity contribution is 8.03. The molecule has 0 unspecified atom stereocenters. The van der Waals surface area contributed by atoms with E-state index in [0.717, 1.165) is 22.2 Å². The number of hydrogen-bond acceptors (Lipinski definition) is 5. The number of nitrogens with one attached hydrogen (secondary N) is 1. The molecular weight excluding hydrogens is 406 g/mol. The molecule has 0 aliphatic carbocycles. The Morgan fingerprint density at radius 1 is 1.03 bits per heavy atom. The summed E-state index contributed by atoms with van der Waals surface area (Å²) in [7, 11) is 0. The molecule has 0 spiro atoms. The van der Waals surface area contributed by atoms with Crippen LogP contribution in [0.1, 0.15) is 18.1 Å². The molecule has 0 atom stereocenters. The first kappa shape index (κ1) is 20.6. The summed E-state index contributed by atoms with van der Waals surface area (Å²) in [5.41, 5.74) is 3.76. The minimum atomic E-state index is 0.460. The van der Waals surface area contributed by atoms with Gasteiger partial charge in [0.25, 0.3) is 0 Å². The second kappa shape index (κ2) is 9.88. The predicted octanol–water partition coefficient (Wildman–Crippen LogP) is 6.20. The first-order valence-corrected chi connectivity index (χ1v) is 10.7. The van der Waals surface area contributed by atoms with Crippen molar-refractivity contribution in [2.45, 2.75) is 18.7 Å².